The van der Waals surface area contributed by atoms with E-state index >= 15 is 0 Å². The summed E-state index contributed by atoms with van der Waals surface area (Å²) in [6.45, 7) is 2.27. The van der Waals surface area contributed by atoms with E-state index in [2.05, 4.69) is 15.1 Å². The molecule has 42 heavy (non-hydrogen) atoms. The van der Waals surface area contributed by atoms with Gasteiger partial charge in [-0.25, -0.2) is 0 Å². The lowest BCUT2D eigenvalue weighted by Gasteiger charge is -2.35. The fraction of sp³-hybridized carbons (Fsp3) is 0.250. The van der Waals surface area contributed by atoms with Gasteiger partial charge in [0.15, 0.2) is 29.7 Å². The summed E-state index contributed by atoms with van der Waals surface area (Å²) in [7, 11) is 4.70. The Morgan fingerprint density at radius 1 is 0.738 bits per heavy atom. The van der Waals surface area contributed by atoms with Crippen molar-refractivity contribution < 1.29 is 28.5 Å². The summed E-state index contributed by atoms with van der Waals surface area (Å²) < 4.78 is 22.0. The molecule has 1 saturated heterocycles. The van der Waals surface area contributed by atoms with Gasteiger partial charge in [-0.2, -0.15) is 0 Å². The number of piperazine rings is 1. The van der Waals surface area contributed by atoms with Crippen LogP contribution in [0.1, 0.15) is 15.9 Å². The van der Waals surface area contributed by atoms with Crippen LogP contribution in [-0.4, -0.2) is 80.9 Å². The first kappa shape index (κ1) is 28.4. The summed E-state index contributed by atoms with van der Waals surface area (Å²) in [5, 5.41) is 8.84. The maximum atomic E-state index is 12.8. The number of ether oxygens (including phenoxy) is 4. The number of hydrogen-bond acceptors (Lipinski definition) is 9. The van der Waals surface area contributed by atoms with Crippen LogP contribution in [0.4, 0.5) is 5.82 Å². The van der Waals surface area contributed by atoms with E-state index in [0.717, 1.165) is 11.4 Å². The number of carbonyl (C=O) groups is 2. The molecule has 10 nitrogen and oxygen atoms in total. The van der Waals surface area contributed by atoms with Gasteiger partial charge in [-0.3, -0.25) is 9.59 Å². The first-order valence-electron chi connectivity index (χ1n) is 13.5. The van der Waals surface area contributed by atoms with Crippen molar-refractivity contribution in [3.8, 4) is 34.3 Å². The maximum absolute atomic E-state index is 12.8. The molecule has 1 amide bonds. The highest BCUT2D eigenvalue weighted by molar-refractivity contribution is 6.09. The van der Waals surface area contributed by atoms with Gasteiger partial charge < -0.3 is 28.7 Å². The first-order valence-corrected chi connectivity index (χ1v) is 13.5. The van der Waals surface area contributed by atoms with Crippen LogP contribution in [0.3, 0.4) is 0 Å². The van der Waals surface area contributed by atoms with Crippen LogP contribution in [0.2, 0.25) is 0 Å². The third-order valence-corrected chi connectivity index (χ3v) is 7.08. The molecule has 0 bridgehead atoms. The number of anilines is 1. The number of rotatable bonds is 10. The third-order valence-electron chi connectivity index (χ3n) is 7.08. The van der Waals surface area contributed by atoms with Gasteiger partial charge in [0.25, 0.3) is 5.91 Å². The Hall–Kier alpha value is -5.12. The van der Waals surface area contributed by atoms with E-state index in [-0.39, 0.29) is 18.3 Å². The van der Waals surface area contributed by atoms with Crippen molar-refractivity contribution in [1.82, 2.24) is 15.1 Å². The molecule has 2 heterocycles. The van der Waals surface area contributed by atoms with Gasteiger partial charge >= 0.3 is 0 Å². The van der Waals surface area contributed by atoms with Crippen molar-refractivity contribution in [2.24, 2.45) is 0 Å². The summed E-state index contributed by atoms with van der Waals surface area (Å²) in [5.41, 5.74) is 2.65. The number of aromatic nitrogens is 2. The average Bonchev–Trinajstić information content (AvgIpc) is 3.07. The van der Waals surface area contributed by atoms with Crippen LogP contribution in [0.25, 0.3) is 11.3 Å². The Morgan fingerprint density at radius 3 is 1.95 bits per heavy atom. The molecule has 4 aromatic rings. The van der Waals surface area contributed by atoms with Gasteiger partial charge in [-0.15, -0.1) is 10.2 Å². The number of methoxy groups -OCH3 is 3. The van der Waals surface area contributed by atoms with Gasteiger partial charge in [0.1, 0.15) is 5.75 Å². The minimum Gasteiger partial charge on any atom is -0.493 e. The highest BCUT2D eigenvalue weighted by Gasteiger charge is 2.23. The Kier molecular flexibility index (Phi) is 8.81. The van der Waals surface area contributed by atoms with Crippen LogP contribution in [0.5, 0.6) is 23.0 Å². The van der Waals surface area contributed by atoms with Gasteiger partial charge in [-0.1, -0.05) is 30.3 Å². The predicted octanol–water partition coefficient (Wildman–Crippen LogP) is 4.13. The Morgan fingerprint density at radius 2 is 1.38 bits per heavy atom. The largest absolute Gasteiger partial charge is 0.493 e. The lowest BCUT2D eigenvalue weighted by molar-refractivity contribution is -0.133. The zero-order valence-corrected chi connectivity index (χ0v) is 23.8. The standard InChI is InChI=1S/C32H32N4O6/c1-39-27-19-24(20-28(40-2)32(27)41-3)26-13-14-29(34-33-26)35-15-17-36(18-16-35)30(37)21-42-25-11-9-23(10-12-25)31(38)22-7-5-4-6-8-22/h4-14,19-20H,15-18,21H2,1-3H3. The Balaban J connectivity index is 1.13. The van der Waals surface area contributed by atoms with Crippen molar-refractivity contribution in [3.63, 3.8) is 0 Å². The van der Waals surface area contributed by atoms with E-state index in [1.54, 1.807) is 62.6 Å². The second-order valence-electron chi connectivity index (χ2n) is 9.57. The summed E-state index contributed by atoms with van der Waals surface area (Å²) in [6, 6.07) is 23.4. The van der Waals surface area contributed by atoms with Gasteiger partial charge in [0.05, 0.1) is 27.0 Å². The molecule has 0 N–H and O–H groups in total. The molecule has 3 aromatic carbocycles. The Labute approximate surface area is 244 Å². The van der Waals surface area contributed by atoms with Gasteiger partial charge in [-0.05, 0) is 48.5 Å². The molecule has 5 rings (SSSR count). The zero-order chi connectivity index (χ0) is 29.5. The lowest BCUT2D eigenvalue weighted by atomic mass is 10.0. The highest BCUT2D eigenvalue weighted by atomic mass is 16.5. The van der Waals surface area contributed by atoms with E-state index < -0.39 is 0 Å². The smallest absolute Gasteiger partial charge is 0.260 e. The minimum atomic E-state index is -0.0945. The number of hydrogen-bond donors (Lipinski definition) is 0. The van der Waals surface area contributed by atoms with Crippen molar-refractivity contribution in [1.29, 1.82) is 0 Å². The van der Waals surface area contributed by atoms with E-state index in [9.17, 15) is 9.59 Å². The number of amides is 1. The molecule has 0 radical (unpaired) electrons. The van der Waals surface area contributed by atoms with Crippen LogP contribution < -0.4 is 23.8 Å². The van der Waals surface area contributed by atoms with Crippen molar-refractivity contribution in [3.05, 3.63) is 90.0 Å². The number of ketones is 1. The molecular formula is C32H32N4O6. The van der Waals surface area contributed by atoms with Gasteiger partial charge in [0.2, 0.25) is 5.75 Å². The summed E-state index contributed by atoms with van der Waals surface area (Å²) >= 11 is 0. The van der Waals surface area contributed by atoms with Gasteiger partial charge in [0, 0.05) is 42.9 Å². The van der Waals surface area contributed by atoms with Crippen molar-refractivity contribution >= 4 is 17.5 Å². The fourth-order valence-electron chi connectivity index (χ4n) is 4.76. The lowest BCUT2D eigenvalue weighted by Crippen LogP contribution is -2.50. The molecule has 216 valence electrons. The predicted molar refractivity (Wildman–Crippen MR) is 158 cm³/mol. The average molecular weight is 569 g/mol. The molecule has 0 spiro atoms. The van der Waals surface area contributed by atoms with E-state index in [1.165, 1.54) is 0 Å². The maximum Gasteiger partial charge on any atom is 0.260 e. The van der Waals surface area contributed by atoms with Crippen LogP contribution >= 0.6 is 0 Å². The second kappa shape index (κ2) is 13.0. The molecule has 0 atom stereocenters. The van der Waals surface area contributed by atoms with Crippen LogP contribution in [-0.2, 0) is 4.79 Å². The number of benzene rings is 3. The number of nitrogens with zero attached hydrogens (tertiary/aromatic N) is 4. The molecule has 1 aliphatic rings. The molecule has 1 aliphatic heterocycles. The molecular weight excluding hydrogens is 536 g/mol. The van der Waals surface area contributed by atoms with E-state index in [4.69, 9.17) is 18.9 Å². The van der Waals surface area contributed by atoms with Crippen LogP contribution in [0, 0.1) is 0 Å². The number of carbonyl (C=O) groups excluding carboxylic acids is 2. The summed E-state index contributed by atoms with van der Waals surface area (Å²) in [4.78, 5) is 29.3. The van der Waals surface area contributed by atoms with Crippen molar-refractivity contribution in [2.75, 3.05) is 59.0 Å². The van der Waals surface area contributed by atoms with Crippen LogP contribution in [0.15, 0.2) is 78.9 Å². The molecule has 0 unspecified atom stereocenters. The molecule has 1 fully saturated rings. The van der Waals surface area contributed by atoms with Crippen molar-refractivity contribution in [2.45, 2.75) is 0 Å². The fourth-order valence-corrected chi connectivity index (χ4v) is 4.76. The monoisotopic (exact) mass is 568 g/mol. The zero-order valence-electron chi connectivity index (χ0n) is 23.8. The van der Waals surface area contributed by atoms with E-state index in [1.807, 2.05) is 42.5 Å². The molecule has 0 aliphatic carbocycles. The van der Waals surface area contributed by atoms with E-state index in [0.29, 0.717) is 66.0 Å². The summed E-state index contributed by atoms with van der Waals surface area (Å²) in [6.07, 6.45) is 0. The quantitative estimate of drug-likeness (QED) is 0.261. The normalized spacial score (nSPS) is 12.9. The Bertz CT molecular complexity index is 1490. The second-order valence-corrected chi connectivity index (χ2v) is 9.57. The molecule has 0 saturated carbocycles. The molecule has 10 heteroatoms. The first-order chi connectivity index (χ1) is 20.5. The topological polar surface area (TPSA) is 103 Å². The third kappa shape index (κ3) is 6.27. The molecule has 1 aromatic heterocycles. The SMILES string of the molecule is COc1cc(-c2ccc(N3CCN(C(=O)COc4ccc(C(=O)c5ccccc5)cc4)CC3)nn2)cc(OC)c1OC. The minimum absolute atomic E-state index is 0.0587. The summed E-state index contributed by atoms with van der Waals surface area (Å²) in [5.74, 6) is 2.71. The highest BCUT2D eigenvalue weighted by Crippen LogP contribution is 2.40.